The highest BCUT2D eigenvalue weighted by Crippen LogP contribution is 2.25. The first kappa shape index (κ1) is 10.2. The van der Waals surface area contributed by atoms with Crippen molar-refractivity contribution in [3.05, 3.63) is 29.3 Å². The molecule has 1 aromatic rings. The molecular weight excluding hydrogens is 165 g/mol. The van der Waals surface area contributed by atoms with E-state index in [-0.39, 0.29) is 11.2 Å². The number of aryl methyl sites for hydroxylation is 1. The van der Waals surface area contributed by atoms with Crippen molar-refractivity contribution in [3.8, 4) is 0 Å². The number of hydrogen-bond acceptors (Lipinski definition) is 1. The molecule has 2 heteroatoms. The monoisotopic (exact) mass is 181 g/mol. The molecule has 0 unspecified atom stereocenters. The van der Waals surface area contributed by atoms with Crippen LogP contribution in [0.15, 0.2) is 12.3 Å². The van der Waals surface area contributed by atoms with Crippen LogP contribution in [0.2, 0.25) is 0 Å². The lowest BCUT2D eigenvalue weighted by Gasteiger charge is -2.21. The third kappa shape index (κ3) is 2.27. The van der Waals surface area contributed by atoms with Crippen LogP contribution in [0.4, 0.5) is 4.39 Å². The summed E-state index contributed by atoms with van der Waals surface area (Å²) in [6.45, 7) is 8.25. The molecule has 1 nitrogen and oxygen atoms in total. The molecule has 72 valence electrons. The van der Waals surface area contributed by atoms with E-state index in [0.29, 0.717) is 0 Å². The quantitative estimate of drug-likeness (QED) is 0.648. The zero-order valence-electron chi connectivity index (χ0n) is 8.69. The second-order valence-corrected chi connectivity index (χ2v) is 4.25. The van der Waals surface area contributed by atoms with Gasteiger partial charge in [-0.3, -0.25) is 4.98 Å². The summed E-state index contributed by atoms with van der Waals surface area (Å²) in [5.41, 5.74) is 1.98. The van der Waals surface area contributed by atoms with E-state index in [9.17, 15) is 4.39 Å². The zero-order valence-corrected chi connectivity index (χ0v) is 8.69. The van der Waals surface area contributed by atoms with Gasteiger partial charge in [0.1, 0.15) is 5.82 Å². The molecule has 1 heterocycles. The first-order chi connectivity index (χ1) is 5.95. The third-order valence-corrected chi connectivity index (χ3v) is 2.08. The van der Waals surface area contributed by atoms with E-state index in [1.807, 2.05) is 6.92 Å². The van der Waals surface area contributed by atoms with Gasteiger partial charge in [0.15, 0.2) is 0 Å². The fourth-order valence-electron chi connectivity index (χ4n) is 1.40. The molecule has 0 amide bonds. The molecule has 1 aromatic heterocycles. The molecule has 0 N–H and O–H groups in total. The predicted octanol–water partition coefficient (Wildman–Crippen LogP) is 3.08. The van der Waals surface area contributed by atoms with Crippen LogP contribution in [0.1, 0.15) is 39.0 Å². The summed E-state index contributed by atoms with van der Waals surface area (Å²) in [4.78, 5) is 4.09. The third-order valence-electron chi connectivity index (χ3n) is 2.08. The minimum absolute atomic E-state index is 0.0273. The van der Waals surface area contributed by atoms with Gasteiger partial charge in [0.2, 0.25) is 0 Å². The number of pyridine rings is 1. The summed E-state index contributed by atoms with van der Waals surface area (Å²) in [7, 11) is 0. The summed E-state index contributed by atoms with van der Waals surface area (Å²) >= 11 is 0. The van der Waals surface area contributed by atoms with Gasteiger partial charge < -0.3 is 0 Å². The summed E-state index contributed by atoms with van der Waals surface area (Å²) < 4.78 is 13.0. The average Bonchev–Trinajstić information content (AvgIpc) is 2.03. The second kappa shape index (κ2) is 3.44. The van der Waals surface area contributed by atoms with Gasteiger partial charge in [0, 0.05) is 5.69 Å². The summed E-state index contributed by atoms with van der Waals surface area (Å²) in [6.07, 6.45) is 2.14. The van der Waals surface area contributed by atoms with Crippen molar-refractivity contribution in [3.63, 3.8) is 0 Å². The summed E-state index contributed by atoms with van der Waals surface area (Å²) in [5.74, 6) is -0.248. The minimum Gasteiger partial charge on any atom is -0.258 e. The summed E-state index contributed by atoms with van der Waals surface area (Å²) in [6, 6.07) is 1.59. The molecule has 0 aliphatic rings. The normalized spacial score (nSPS) is 11.8. The number of nitrogens with zero attached hydrogens (tertiary/aromatic N) is 1. The van der Waals surface area contributed by atoms with Crippen molar-refractivity contribution >= 4 is 0 Å². The predicted molar refractivity (Wildman–Crippen MR) is 52.3 cm³/mol. The van der Waals surface area contributed by atoms with Gasteiger partial charge in [0.25, 0.3) is 0 Å². The Labute approximate surface area is 79.0 Å². The lowest BCUT2D eigenvalue weighted by atomic mass is 9.85. The maximum atomic E-state index is 13.0. The lowest BCUT2D eigenvalue weighted by molar-refractivity contribution is 0.557. The molecule has 0 spiro atoms. The van der Waals surface area contributed by atoms with Crippen molar-refractivity contribution in [2.45, 2.75) is 39.5 Å². The number of halogens is 1. The molecule has 0 fully saturated rings. The maximum Gasteiger partial charge on any atom is 0.141 e. The fraction of sp³-hybridized carbons (Fsp3) is 0.545. The Morgan fingerprint density at radius 1 is 1.38 bits per heavy atom. The van der Waals surface area contributed by atoms with E-state index in [1.54, 1.807) is 6.07 Å². The van der Waals surface area contributed by atoms with E-state index >= 15 is 0 Å². The van der Waals surface area contributed by atoms with E-state index < -0.39 is 0 Å². The Morgan fingerprint density at radius 3 is 2.46 bits per heavy atom. The smallest absolute Gasteiger partial charge is 0.141 e. The van der Waals surface area contributed by atoms with Gasteiger partial charge in [-0.15, -0.1) is 0 Å². The second-order valence-electron chi connectivity index (χ2n) is 4.25. The molecule has 0 saturated heterocycles. The van der Waals surface area contributed by atoms with E-state index in [1.165, 1.54) is 6.20 Å². The zero-order chi connectivity index (χ0) is 10.1. The highest BCUT2D eigenvalue weighted by molar-refractivity contribution is 5.27. The molecule has 0 atom stereocenters. The van der Waals surface area contributed by atoms with Crippen molar-refractivity contribution in [2.75, 3.05) is 0 Å². The lowest BCUT2D eigenvalue weighted by Crippen LogP contribution is -2.15. The van der Waals surface area contributed by atoms with Crippen LogP contribution >= 0.6 is 0 Å². The van der Waals surface area contributed by atoms with Crippen LogP contribution in [0.25, 0.3) is 0 Å². The molecule has 0 aromatic carbocycles. The van der Waals surface area contributed by atoms with Gasteiger partial charge in [0.05, 0.1) is 6.20 Å². The number of aromatic nitrogens is 1. The van der Waals surface area contributed by atoms with Crippen LogP contribution < -0.4 is 0 Å². The molecule has 0 aliphatic carbocycles. The van der Waals surface area contributed by atoms with Crippen molar-refractivity contribution in [1.82, 2.24) is 4.98 Å². The van der Waals surface area contributed by atoms with Crippen LogP contribution in [-0.4, -0.2) is 4.98 Å². The Kier molecular flexibility index (Phi) is 2.69. The standard InChI is InChI=1S/C11H16FN/c1-5-10-9(11(2,3)4)6-8(12)7-13-10/h6-7H,5H2,1-4H3. The van der Waals surface area contributed by atoms with Crippen molar-refractivity contribution in [2.24, 2.45) is 0 Å². The molecule has 0 radical (unpaired) electrons. The van der Waals surface area contributed by atoms with E-state index in [4.69, 9.17) is 0 Å². The SMILES string of the molecule is CCc1ncc(F)cc1C(C)(C)C. The van der Waals surface area contributed by atoms with E-state index in [2.05, 4.69) is 25.8 Å². The Hall–Kier alpha value is -0.920. The van der Waals surface area contributed by atoms with Crippen LogP contribution in [0.5, 0.6) is 0 Å². The first-order valence-electron chi connectivity index (χ1n) is 4.60. The van der Waals surface area contributed by atoms with Crippen molar-refractivity contribution in [1.29, 1.82) is 0 Å². The van der Waals surface area contributed by atoms with Gasteiger partial charge >= 0.3 is 0 Å². The Morgan fingerprint density at radius 2 is 2.00 bits per heavy atom. The van der Waals surface area contributed by atoms with Gasteiger partial charge in [-0.05, 0) is 23.5 Å². The highest BCUT2D eigenvalue weighted by Gasteiger charge is 2.18. The van der Waals surface area contributed by atoms with Gasteiger partial charge in [-0.2, -0.15) is 0 Å². The van der Waals surface area contributed by atoms with Crippen LogP contribution in [0.3, 0.4) is 0 Å². The Balaban J connectivity index is 3.24. The molecule has 0 aliphatic heterocycles. The highest BCUT2D eigenvalue weighted by atomic mass is 19.1. The Bertz CT molecular complexity index is 299. The minimum atomic E-state index is -0.248. The topological polar surface area (TPSA) is 12.9 Å². The maximum absolute atomic E-state index is 13.0. The van der Waals surface area contributed by atoms with Crippen molar-refractivity contribution < 1.29 is 4.39 Å². The average molecular weight is 181 g/mol. The van der Waals surface area contributed by atoms with Crippen LogP contribution in [-0.2, 0) is 11.8 Å². The van der Waals surface area contributed by atoms with Gasteiger partial charge in [-0.1, -0.05) is 27.7 Å². The molecular formula is C11H16FN. The molecule has 13 heavy (non-hydrogen) atoms. The largest absolute Gasteiger partial charge is 0.258 e. The number of rotatable bonds is 1. The molecule has 0 bridgehead atoms. The molecule has 1 rings (SSSR count). The fourth-order valence-corrected chi connectivity index (χ4v) is 1.40. The van der Waals surface area contributed by atoms with E-state index in [0.717, 1.165) is 17.7 Å². The summed E-state index contributed by atoms with van der Waals surface area (Å²) in [5, 5.41) is 0. The van der Waals surface area contributed by atoms with Crippen LogP contribution in [0, 0.1) is 5.82 Å². The number of hydrogen-bond donors (Lipinski definition) is 0. The molecule has 0 saturated carbocycles. The van der Waals surface area contributed by atoms with Gasteiger partial charge in [-0.25, -0.2) is 4.39 Å². The first-order valence-corrected chi connectivity index (χ1v) is 4.60.